The zero-order chi connectivity index (χ0) is 31.4. The first kappa shape index (κ1) is 37.3. The fourth-order valence-corrected chi connectivity index (χ4v) is 3.87. The van der Waals surface area contributed by atoms with Gasteiger partial charge in [-0.25, -0.2) is 0 Å². The molecule has 0 saturated heterocycles. The maximum Gasteiger partial charge on any atom is 0.303 e. The zero-order valence-corrected chi connectivity index (χ0v) is 24.4. The van der Waals surface area contributed by atoms with E-state index in [4.69, 9.17) is 28.8 Å². The van der Waals surface area contributed by atoms with Gasteiger partial charge >= 0.3 is 35.8 Å². The number of esters is 5. The van der Waals surface area contributed by atoms with E-state index in [0.717, 1.165) is 73.1 Å². The molecule has 14 heteroatoms. The smallest absolute Gasteiger partial charge is 0.303 e. The second-order valence-electron chi connectivity index (χ2n) is 9.39. The Kier molecular flexibility index (Phi) is 19.2. The van der Waals surface area contributed by atoms with Crippen molar-refractivity contribution in [2.45, 2.75) is 117 Å². The lowest BCUT2D eigenvalue weighted by Crippen LogP contribution is -2.57. The quantitative estimate of drug-likeness (QED) is 0.112. The molecular weight excluding hydrogens is 546 g/mol. The minimum absolute atomic E-state index is 0.171. The number of carboxylic acid groups (broad SMARTS) is 1. The zero-order valence-electron chi connectivity index (χ0n) is 24.4. The van der Waals surface area contributed by atoms with Gasteiger partial charge in [-0.1, -0.05) is 38.5 Å². The van der Waals surface area contributed by atoms with Gasteiger partial charge in [0.15, 0.2) is 18.3 Å². The van der Waals surface area contributed by atoms with Crippen molar-refractivity contribution in [1.29, 1.82) is 0 Å². The monoisotopic (exact) mass is 589 g/mol. The summed E-state index contributed by atoms with van der Waals surface area (Å²) < 4.78 is 25.8. The van der Waals surface area contributed by atoms with Gasteiger partial charge in [0.2, 0.25) is 6.10 Å². The topological polar surface area (TPSA) is 198 Å². The molecule has 0 spiro atoms. The van der Waals surface area contributed by atoms with Gasteiger partial charge in [0.25, 0.3) is 5.91 Å². The highest BCUT2D eigenvalue weighted by molar-refractivity contribution is 5.84. The Labute approximate surface area is 239 Å². The molecule has 0 saturated carbocycles. The number of hydrogen-bond acceptors (Lipinski definition) is 12. The largest absolute Gasteiger partial charge is 0.481 e. The summed E-state index contributed by atoms with van der Waals surface area (Å²) >= 11 is 0. The molecule has 0 radical (unpaired) electrons. The third kappa shape index (κ3) is 19.1. The van der Waals surface area contributed by atoms with Crippen LogP contribution in [0.2, 0.25) is 0 Å². The number of nitrogens with one attached hydrogen (secondary N) is 1. The second kappa shape index (κ2) is 21.1. The van der Waals surface area contributed by atoms with Gasteiger partial charge in [0.05, 0.1) is 0 Å². The molecule has 0 unspecified atom stereocenters. The Morgan fingerprint density at radius 1 is 0.585 bits per heavy atom. The molecule has 234 valence electrons. The van der Waals surface area contributed by atoms with Gasteiger partial charge in [0, 0.05) is 47.6 Å². The predicted octanol–water partition coefficient (Wildman–Crippen LogP) is 1.99. The average molecular weight is 590 g/mol. The molecule has 0 aromatic rings. The van der Waals surface area contributed by atoms with Gasteiger partial charge in [0.1, 0.15) is 6.61 Å². The van der Waals surface area contributed by atoms with Crippen LogP contribution in [0.4, 0.5) is 0 Å². The van der Waals surface area contributed by atoms with Crippen LogP contribution in [-0.4, -0.2) is 84.4 Å². The number of ether oxygens (including phenoxy) is 5. The molecule has 0 aliphatic carbocycles. The van der Waals surface area contributed by atoms with Crippen molar-refractivity contribution in [3.63, 3.8) is 0 Å². The van der Waals surface area contributed by atoms with E-state index in [1.807, 2.05) is 0 Å². The number of hydrogen-bond donors (Lipinski definition) is 2. The summed E-state index contributed by atoms with van der Waals surface area (Å²) in [5.74, 6) is -5.98. The molecule has 2 N–H and O–H groups in total. The van der Waals surface area contributed by atoms with E-state index < -0.39 is 72.7 Å². The Balaban J connectivity index is 5.48. The van der Waals surface area contributed by atoms with Crippen LogP contribution in [0.15, 0.2) is 0 Å². The molecule has 0 heterocycles. The summed E-state index contributed by atoms with van der Waals surface area (Å²) in [7, 11) is 0. The highest BCUT2D eigenvalue weighted by atomic mass is 16.6. The average Bonchev–Trinajstić information content (AvgIpc) is 2.84. The number of carbonyl (C=O) groups is 7. The molecule has 0 aromatic heterocycles. The van der Waals surface area contributed by atoms with Crippen molar-refractivity contribution in [2.24, 2.45) is 0 Å². The summed E-state index contributed by atoms with van der Waals surface area (Å²) in [6.07, 6.45) is 0.0556. The number of unbranched alkanes of at least 4 members (excludes halogenated alkanes) is 7. The first-order valence-corrected chi connectivity index (χ1v) is 13.6. The fraction of sp³-hybridized carbons (Fsp3) is 0.741. The van der Waals surface area contributed by atoms with Crippen molar-refractivity contribution < 1.29 is 62.4 Å². The molecule has 4 atom stereocenters. The normalized spacial score (nSPS) is 13.5. The Bertz CT molecular complexity index is 888. The van der Waals surface area contributed by atoms with Crippen LogP contribution in [0, 0.1) is 0 Å². The molecule has 0 bridgehead atoms. The Hall–Kier alpha value is -3.71. The maximum atomic E-state index is 13.1. The molecule has 14 nitrogen and oxygen atoms in total. The standard InChI is InChI=1S/C27H43NO13/c1-17(29)37-16-22(38-18(2)30)24(39-19(3)31)25(40-20(4)32)26(41-21(5)33)27(36)28-15-13-11-9-7-6-8-10-12-14-23(34)35/h22,24-26H,6-16H2,1-5H3,(H,28,36)(H,34,35)/t22-,24-,25+,26-/m1/s1. The van der Waals surface area contributed by atoms with E-state index in [2.05, 4.69) is 5.32 Å². The third-order valence-electron chi connectivity index (χ3n) is 5.53. The lowest BCUT2D eigenvalue weighted by atomic mass is 10.0. The Morgan fingerprint density at radius 3 is 1.51 bits per heavy atom. The molecular formula is C27H43NO13. The third-order valence-corrected chi connectivity index (χ3v) is 5.53. The van der Waals surface area contributed by atoms with Crippen molar-refractivity contribution in [3.8, 4) is 0 Å². The van der Waals surface area contributed by atoms with Crippen molar-refractivity contribution in [3.05, 3.63) is 0 Å². The van der Waals surface area contributed by atoms with E-state index in [1.54, 1.807) is 0 Å². The van der Waals surface area contributed by atoms with Gasteiger partial charge < -0.3 is 34.1 Å². The summed E-state index contributed by atoms with van der Waals surface area (Å²) in [5, 5.41) is 11.3. The number of aliphatic carboxylic acids is 1. The second-order valence-corrected chi connectivity index (χ2v) is 9.39. The Morgan fingerprint density at radius 2 is 1.05 bits per heavy atom. The molecule has 0 aliphatic heterocycles. The van der Waals surface area contributed by atoms with Crippen LogP contribution in [0.25, 0.3) is 0 Å². The number of carbonyl (C=O) groups excluding carboxylic acids is 6. The highest BCUT2D eigenvalue weighted by Crippen LogP contribution is 2.21. The molecule has 0 aliphatic rings. The van der Waals surface area contributed by atoms with E-state index in [1.165, 1.54) is 0 Å². The maximum absolute atomic E-state index is 13.1. The van der Waals surface area contributed by atoms with Gasteiger partial charge in [-0.15, -0.1) is 0 Å². The van der Waals surface area contributed by atoms with Crippen LogP contribution in [-0.2, 0) is 57.2 Å². The minimum Gasteiger partial charge on any atom is -0.481 e. The van der Waals surface area contributed by atoms with Crippen LogP contribution in [0.1, 0.15) is 92.4 Å². The van der Waals surface area contributed by atoms with Crippen LogP contribution < -0.4 is 5.32 Å². The SMILES string of the molecule is CC(=O)OC[C@@H](OC(C)=O)[C@@H](OC(C)=O)[C@H](OC(C)=O)[C@@H](OC(C)=O)C(=O)NCCCCCCCCCCC(=O)O. The minimum atomic E-state index is -1.80. The van der Waals surface area contributed by atoms with Gasteiger partial charge in [-0.2, -0.15) is 0 Å². The number of rotatable bonds is 21. The van der Waals surface area contributed by atoms with Crippen LogP contribution >= 0.6 is 0 Å². The molecule has 0 rings (SSSR count). The summed E-state index contributed by atoms with van der Waals surface area (Å²) in [4.78, 5) is 82.6. The van der Waals surface area contributed by atoms with Crippen molar-refractivity contribution >= 4 is 41.7 Å². The van der Waals surface area contributed by atoms with E-state index in [0.29, 0.717) is 12.8 Å². The molecule has 0 fully saturated rings. The van der Waals surface area contributed by atoms with Gasteiger partial charge in [-0.3, -0.25) is 33.6 Å². The summed E-state index contributed by atoms with van der Waals surface area (Å²) in [6, 6.07) is 0. The number of amides is 1. The first-order chi connectivity index (χ1) is 19.2. The fourth-order valence-electron chi connectivity index (χ4n) is 3.87. The number of carboxylic acids is 1. The molecule has 1 amide bonds. The summed E-state index contributed by atoms with van der Waals surface area (Å²) in [6.45, 7) is 4.77. The molecule has 41 heavy (non-hydrogen) atoms. The van der Waals surface area contributed by atoms with Crippen LogP contribution in [0.3, 0.4) is 0 Å². The van der Waals surface area contributed by atoms with E-state index in [-0.39, 0.29) is 13.0 Å². The molecule has 0 aromatic carbocycles. The summed E-state index contributed by atoms with van der Waals surface area (Å²) in [5.41, 5.74) is 0. The van der Waals surface area contributed by atoms with E-state index in [9.17, 15) is 33.6 Å². The first-order valence-electron chi connectivity index (χ1n) is 13.6. The highest BCUT2D eigenvalue weighted by Gasteiger charge is 2.46. The lowest BCUT2D eigenvalue weighted by molar-refractivity contribution is -0.203. The lowest BCUT2D eigenvalue weighted by Gasteiger charge is -2.34. The van der Waals surface area contributed by atoms with Crippen LogP contribution in [0.5, 0.6) is 0 Å². The van der Waals surface area contributed by atoms with Crippen molar-refractivity contribution in [2.75, 3.05) is 13.2 Å². The van der Waals surface area contributed by atoms with Crippen molar-refractivity contribution in [1.82, 2.24) is 5.32 Å². The predicted molar refractivity (Wildman–Crippen MR) is 141 cm³/mol. The van der Waals surface area contributed by atoms with Gasteiger partial charge in [-0.05, 0) is 12.8 Å². The van der Waals surface area contributed by atoms with E-state index >= 15 is 0 Å².